The lowest BCUT2D eigenvalue weighted by molar-refractivity contribution is 0.0190. The zero-order valence-electron chi connectivity index (χ0n) is 12.2. The molecule has 0 aromatic carbocycles. The normalized spacial score (nSPS) is 20.1. The van der Waals surface area contributed by atoms with Crippen molar-refractivity contribution < 1.29 is 19.1 Å². The van der Waals surface area contributed by atoms with E-state index in [4.69, 9.17) is 9.47 Å². The van der Waals surface area contributed by atoms with E-state index in [1.165, 1.54) is 0 Å². The Morgan fingerprint density at radius 2 is 1.45 bits per heavy atom. The molecule has 20 heavy (non-hydrogen) atoms. The van der Waals surface area contributed by atoms with Gasteiger partial charge in [-0.3, -0.25) is 0 Å². The molecule has 2 amide bonds. The van der Waals surface area contributed by atoms with Crippen LogP contribution in [0.1, 0.15) is 39.0 Å². The first-order chi connectivity index (χ1) is 9.70. The molecule has 2 aliphatic rings. The van der Waals surface area contributed by atoms with E-state index in [1.807, 2.05) is 6.92 Å². The Hall–Kier alpha value is -1.46. The van der Waals surface area contributed by atoms with Gasteiger partial charge < -0.3 is 19.3 Å². The topological polar surface area (TPSA) is 59.1 Å². The van der Waals surface area contributed by atoms with Gasteiger partial charge in [0.15, 0.2) is 0 Å². The summed E-state index contributed by atoms with van der Waals surface area (Å²) >= 11 is 0. The Labute approximate surface area is 120 Å². The Bertz CT molecular complexity index is 336. The van der Waals surface area contributed by atoms with Crippen molar-refractivity contribution in [1.29, 1.82) is 0 Å². The van der Waals surface area contributed by atoms with Crippen LogP contribution in [-0.2, 0) is 9.47 Å². The number of rotatable bonds is 4. The molecule has 2 fully saturated rings. The highest BCUT2D eigenvalue weighted by Gasteiger charge is 2.24. The predicted molar refractivity (Wildman–Crippen MR) is 73.5 cm³/mol. The summed E-state index contributed by atoms with van der Waals surface area (Å²) in [4.78, 5) is 27.0. The van der Waals surface area contributed by atoms with Crippen molar-refractivity contribution in [2.24, 2.45) is 0 Å². The second-order valence-corrected chi connectivity index (χ2v) is 5.38. The van der Waals surface area contributed by atoms with E-state index in [9.17, 15) is 9.59 Å². The summed E-state index contributed by atoms with van der Waals surface area (Å²) in [5.74, 6) is 0. The molecule has 0 spiro atoms. The molecule has 1 atom stereocenters. The molecule has 2 heterocycles. The van der Waals surface area contributed by atoms with Crippen molar-refractivity contribution in [2.75, 3.05) is 32.8 Å². The van der Waals surface area contributed by atoms with E-state index in [1.54, 1.807) is 9.80 Å². The summed E-state index contributed by atoms with van der Waals surface area (Å²) in [6, 6.07) is 0. The van der Waals surface area contributed by atoms with Crippen LogP contribution in [-0.4, -0.2) is 60.9 Å². The lowest BCUT2D eigenvalue weighted by Gasteiger charge is -2.22. The fourth-order valence-corrected chi connectivity index (χ4v) is 2.51. The van der Waals surface area contributed by atoms with Gasteiger partial charge in [-0.05, 0) is 32.1 Å². The lowest BCUT2D eigenvalue weighted by Crippen LogP contribution is -2.35. The van der Waals surface area contributed by atoms with Gasteiger partial charge in [0.1, 0.15) is 12.7 Å². The number of carbonyl (C=O) groups excluding carboxylic acids is 2. The van der Waals surface area contributed by atoms with Crippen LogP contribution in [0.3, 0.4) is 0 Å². The predicted octanol–water partition coefficient (Wildman–Crippen LogP) is 2.23. The van der Waals surface area contributed by atoms with Gasteiger partial charge in [-0.25, -0.2) is 9.59 Å². The van der Waals surface area contributed by atoms with E-state index in [2.05, 4.69) is 0 Å². The number of likely N-dealkylation sites (tertiary alicyclic amines) is 2. The van der Waals surface area contributed by atoms with Gasteiger partial charge in [-0.2, -0.15) is 0 Å². The molecule has 0 aliphatic carbocycles. The fraction of sp³-hybridized carbons (Fsp3) is 0.857. The first-order valence-electron chi connectivity index (χ1n) is 7.58. The summed E-state index contributed by atoms with van der Waals surface area (Å²) in [7, 11) is 0. The van der Waals surface area contributed by atoms with E-state index < -0.39 is 0 Å². The van der Waals surface area contributed by atoms with Gasteiger partial charge in [0.05, 0.1) is 0 Å². The van der Waals surface area contributed by atoms with E-state index in [0.717, 1.165) is 51.9 Å². The Morgan fingerprint density at radius 1 is 0.950 bits per heavy atom. The Kier molecular flexibility index (Phi) is 5.49. The van der Waals surface area contributed by atoms with Gasteiger partial charge in [-0.15, -0.1) is 0 Å². The van der Waals surface area contributed by atoms with Crippen LogP contribution in [0.25, 0.3) is 0 Å². The van der Waals surface area contributed by atoms with Gasteiger partial charge in [0.25, 0.3) is 0 Å². The van der Waals surface area contributed by atoms with E-state index in [-0.39, 0.29) is 24.9 Å². The zero-order chi connectivity index (χ0) is 14.4. The molecular formula is C14H24N2O4. The van der Waals surface area contributed by atoms with Crippen LogP contribution in [0.4, 0.5) is 9.59 Å². The van der Waals surface area contributed by atoms with Crippen LogP contribution >= 0.6 is 0 Å². The van der Waals surface area contributed by atoms with E-state index >= 15 is 0 Å². The third kappa shape index (κ3) is 4.02. The first-order valence-corrected chi connectivity index (χ1v) is 7.58. The minimum Gasteiger partial charge on any atom is -0.445 e. The maximum atomic E-state index is 11.9. The number of hydrogen-bond donors (Lipinski definition) is 0. The number of carbonyl (C=O) groups is 2. The molecule has 0 N–H and O–H groups in total. The third-order valence-electron chi connectivity index (χ3n) is 3.84. The molecule has 0 aromatic rings. The molecule has 0 bridgehead atoms. The molecule has 0 saturated carbocycles. The molecule has 0 aromatic heterocycles. The van der Waals surface area contributed by atoms with E-state index in [0.29, 0.717) is 6.42 Å². The van der Waals surface area contributed by atoms with Crippen LogP contribution in [0.2, 0.25) is 0 Å². The van der Waals surface area contributed by atoms with Gasteiger partial charge in [-0.1, -0.05) is 6.92 Å². The SMILES string of the molecule is CCC(COC(=O)N1CCCC1)OC(=O)N1CCCC1. The fourth-order valence-electron chi connectivity index (χ4n) is 2.51. The number of hydrogen-bond acceptors (Lipinski definition) is 4. The largest absolute Gasteiger partial charge is 0.445 e. The van der Waals surface area contributed by atoms with Gasteiger partial charge in [0.2, 0.25) is 0 Å². The minimum absolute atomic E-state index is 0.144. The molecule has 2 rings (SSSR count). The van der Waals surface area contributed by atoms with Crippen molar-refractivity contribution in [3.63, 3.8) is 0 Å². The van der Waals surface area contributed by atoms with Crippen molar-refractivity contribution in [3.05, 3.63) is 0 Å². The maximum Gasteiger partial charge on any atom is 0.410 e. The highest BCUT2D eigenvalue weighted by Crippen LogP contribution is 2.13. The molecule has 114 valence electrons. The smallest absolute Gasteiger partial charge is 0.410 e. The standard InChI is InChI=1S/C14H24N2O4/c1-2-12(20-14(18)16-9-5-6-10-16)11-19-13(17)15-7-3-4-8-15/h12H,2-11H2,1H3. The third-order valence-corrected chi connectivity index (χ3v) is 3.84. The summed E-state index contributed by atoms with van der Waals surface area (Å²) in [6.45, 7) is 5.13. The molecular weight excluding hydrogens is 260 g/mol. The van der Waals surface area contributed by atoms with Crippen LogP contribution in [0.15, 0.2) is 0 Å². The summed E-state index contributed by atoms with van der Waals surface area (Å²) < 4.78 is 10.6. The van der Waals surface area contributed by atoms with Crippen molar-refractivity contribution in [2.45, 2.75) is 45.1 Å². The Balaban J connectivity index is 1.71. The lowest BCUT2D eigenvalue weighted by atomic mass is 10.3. The monoisotopic (exact) mass is 284 g/mol. The quantitative estimate of drug-likeness (QED) is 0.794. The van der Waals surface area contributed by atoms with Gasteiger partial charge >= 0.3 is 12.2 Å². The average molecular weight is 284 g/mol. The highest BCUT2D eigenvalue weighted by molar-refractivity contribution is 5.69. The number of amides is 2. The molecule has 6 nitrogen and oxygen atoms in total. The molecule has 2 aliphatic heterocycles. The first kappa shape index (κ1) is 14.9. The molecule has 1 unspecified atom stereocenters. The molecule has 2 saturated heterocycles. The Morgan fingerprint density at radius 3 is 1.95 bits per heavy atom. The van der Waals surface area contributed by atoms with Crippen molar-refractivity contribution in [3.8, 4) is 0 Å². The summed E-state index contributed by atoms with van der Waals surface area (Å²) in [5.41, 5.74) is 0. The highest BCUT2D eigenvalue weighted by atomic mass is 16.6. The van der Waals surface area contributed by atoms with Crippen LogP contribution in [0, 0.1) is 0 Å². The van der Waals surface area contributed by atoms with Crippen LogP contribution < -0.4 is 0 Å². The second kappa shape index (κ2) is 7.36. The molecule has 0 radical (unpaired) electrons. The van der Waals surface area contributed by atoms with Gasteiger partial charge in [0, 0.05) is 26.2 Å². The minimum atomic E-state index is -0.352. The summed E-state index contributed by atoms with van der Waals surface area (Å²) in [5, 5.41) is 0. The number of nitrogens with zero attached hydrogens (tertiary/aromatic N) is 2. The van der Waals surface area contributed by atoms with Crippen molar-refractivity contribution >= 4 is 12.2 Å². The second-order valence-electron chi connectivity index (χ2n) is 5.38. The zero-order valence-corrected chi connectivity index (χ0v) is 12.2. The molecule has 6 heteroatoms. The average Bonchev–Trinajstić information content (AvgIpc) is 3.15. The number of ether oxygens (including phenoxy) is 2. The maximum absolute atomic E-state index is 11.9. The summed E-state index contributed by atoms with van der Waals surface area (Å²) in [6.07, 6.45) is 3.87. The van der Waals surface area contributed by atoms with Crippen molar-refractivity contribution in [1.82, 2.24) is 9.80 Å². The van der Waals surface area contributed by atoms with Crippen LogP contribution in [0.5, 0.6) is 0 Å².